The predicted octanol–water partition coefficient (Wildman–Crippen LogP) is 1.16. The number of hydrogen-bond donors (Lipinski definition) is 3. The number of amides is 1. The van der Waals surface area contributed by atoms with E-state index in [4.69, 9.17) is 9.57 Å². The van der Waals surface area contributed by atoms with Crippen molar-refractivity contribution in [1.82, 2.24) is 20.4 Å². The summed E-state index contributed by atoms with van der Waals surface area (Å²) in [6.45, 7) is 5.47. The summed E-state index contributed by atoms with van der Waals surface area (Å²) in [4.78, 5) is 18.3. The third kappa shape index (κ3) is 5.39. The van der Waals surface area contributed by atoms with Gasteiger partial charge in [0.25, 0.3) is 0 Å². The Morgan fingerprint density at radius 1 is 1.12 bits per heavy atom. The van der Waals surface area contributed by atoms with Gasteiger partial charge >= 0.3 is 0 Å². The van der Waals surface area contributed by atoms with Crippen LogP contribution in [0.1, 0.15) is 58.8 Å². The van der Waals surface area contributed by atoms with Crippen LogP contribution in [-0.4, -0.2) is 78.6 Å². The molecule has 7 unspecified atom stereocenters. The second kappa shape index (κ2) is 9.91. The zero-order valence-electron chi connectivity index (χ0n) is 19.6. The summed E-state index contributed by atoms with van der Waals surface area (Å²) in [6, 6.07) is 0. The Hall–Kier alpha value is -0.430. The number of hydroxylamine groups is 1. The number of carbonyl (C=O) groups excluding carboxylic acids is 1. The van der Waals surface area contributed by atoms with Crippen LogP contribution in [0, 0.1) is 11.8 Å². The molecule has 0 aromatic heterocycles. The van der Waals surface area contributed by atoms with Crippen molar-refractivity contribution in [2.24, 2.45) is 11.8 Å². The highest BCUT2D eigenvalue weighted by molar-refractivity contribution is 8.02. The summed E-state index contributed by atoms with van der Waals surface area (Å²) in [6.07, 6.45) is 6.58. The Morgan fingerprint density at radius 3 is 2.55 bits per heavy atom. The molecule has 1 aliphatic carbocycles. The van der Waals surface area contributed by atoms with Crippen LogP contribution < -0.4 is 16.1 Å². The number of carbonyl (C=O) groups is 1. The van der Waals surface area contributed by atoms with Gasteiger partial charge in [0.2, 0.25) is 15.9 Å². The lowest BCUT2D eigenvalue weighted by Gasteiger charge is -2.33. The monoisotopic (exact) mass is 502 g/mol. The molecule has 4 saturated heterocycles. The van der Waals surface area contributed by atoms with E-state index in [1.165, 1.54) is 12.8 Å². The lowest BCUT2D eigenvalue weighted by Crippen LogP contribution is -2.48. The normalized spacial score (nSPS) is 41.0. The summed E-state index contributed by atoms with van der Waals surface area (Å²) in [7, 11) is -3.41. The maximum Gasteiger partial charge on any atom is 0.223 e. The molecule has 5 fully saturated rings. The summed E-state index contributed by atoms with van der Waals surface area (Å²) < 4.78 is 34.3. The quantitative estimate of drug-likeness (QED) is 0.476. The number of nitrogens with zero attached hydrogens (tertiary/aromatic N) is 1. The zero-order chi connectivity index (χ0) is 23.2. The van der Waals surface area contributed by atoms with E-state index in [-0.39, 0.29) is 46.9 Å². The van der Waals surface area contributed by atoms with Gasteiger partial charge < -0.3 is 10.1 Å². The molecule has 0 spiro atoms. The lowest BCUT2D eigenvalue weighted by atomic mass is 9.97. The van der Waals surface area contributed by atoms with Crippen molar-refractivity contribution in [2.75, 3.05) is 19.6 Å². The first kappa shape index (κ1) is 24.3. The fourth-order valence-electron chi connectivity index (χ4n) is 5.58. The second-order valence-corrected chi connectivity index (χ2v) is 14.2. The Morgan fingerprint density at radius 2 is 1.88 bits per heavy atom. The van der Waals surface area contributed by atoms with Gasteiger partial charge in [-0.1, -0.05) is 6.92 Å². The van der Waals surface area contributed by atoms with Crippen molar-refractivity contribution in [1.29, 1.82) is 0 Å². The van der Waals surface area contributed by atoms with Crippen molar-refractivity contribution < 1.29 is 22.8 Å². The molecule has 1 saturated carbocycles. The highest BCUT2D eigenvalue weighted by Gasteiger charge is 2.49. The molecule has 0 bridgehead atoms. The van der Waals surface area contributed by atoms with E-state index in [0.717, 1.165) is 12.8 Å². The van der Waals surface area contributed by atoms with Gasteiger partial charge in [-0.15, -0.1) is 0 Å². The fourth-order valence-corrected chi connectivity index (χ4v) is 9.80. The summed E-state index contributed by atoms with van der Waals surface area (Å²) in [5, 5.41) is 6.31. The molecule has 4 heterocycles. The van der Waals surface area contributed by atoms with Crippen molar-refractivity contribution >= 4 is 27.7 Å². The van der Waals surface area contributed by atoms with Crippen LogP contribution >= 0.6 is 11.8 Å². The fraction of sp³-hybridized carbons (Fsp3) is 0.955. The third-order valence-electron chi connectivity index (χ3n) is 7.86. The zero-order valence-corrected chi connectivity index (χ0v) is 21.2. The number of hydrogen-bond acceptors (Lipinski definition) is 8. The van der Waals surface area contributed by atoms with Crippen LogP contribution in [-0.2, 0) is 24.4 Å². The van der Waals surface area contributed by atoms with Gasteiger partial charge in [-0.2, -0.15) is 17.2 Å². The molecule has 0 aromatic rings. The number of rotatable bonds is 7. The molecule has 5 rings (SSSR count). The Kier molecular flexibility index (Phi) is 7.29. The van der Waals surface area contributed by atoms with Crippen molar-refractivity contribution in [3.8, 4) is 0 Å². The van der Waals surface area contributed by atoms with Gasteiger partial charge in [0.1, 0.15) is 6.23 Å². The molecular formula is C22H38N4O5S2. The molecule has 33 heavy (non-hydrogen) atoms. The maximum atomic E-state index is 13.5. The van der Waals surface area contributed by atoms with Crippen LogP contribution in [0.3, 0.4) is 0 Å². The minimum atomic E-state index is -3.41. The van der Waals surface area contributed by atoms with Crippen LogP contribution in [0.5, 0.6) is 0 Å². The van der Waals surface area contributed by atoms with E-state index >= 15 is 0 Å². The first-order chi connectivity index (χ1) is 15.8. The van der Waals surface area contributed by atoms with Crippen molar-refractivity contribution in [2.45, 2.75) is 99.1 Å². The molecule has 7 atom stereocenters. The summed E-state index contributed by atoms with van der Waals surface area (Å²) in [5.74, 6) is 0.490. The van der Waals surface area contributed by atoms with E-state index in [2.05, 4.69) is 23.0 Å². The summed E-state index contributed by atoms with van der Waals surface area (Å²) >= 11 is 1.73. The molecular weight excluding hydrogens is 464 g/mol. The predicted molar refractivity (Wildman–Crippen MR) is 127 cm³/mol. The Balaban J connectivity index is 1.10. The highest BCUT2D eigenvalue weighted by atomic mass is 32.2. The van der Waals surface area contributed by atoms with Crippen LogP contribution in [0.25, 0.3) is 0 Å². The number of piperidine rings is 1. The molecule has 3 N–H and O–H groups in total. The third-order valence-corrected chi connectivity index (χ3v) is 12.1. The van der Waals surface area contributed by atoms with Gasteiger partial charge in [-0.25, -0.2) is 12.7 Å². The van der Waals surface area contributed by atoms with Gasteiger partial charge in [0, 0.05) is 42.0 Å². The molecule has 0 aromatic carbocycles. The molecule has 1 amide bonds. The Bertz CT molecular complexity index is 818. The number of sulfonamides is 1. The summed E-state index contributed by atoms with van der Waals surface area (Å²) in [5.41, 5.74) is 3.10. The van der Waals surface area contributed by atoms with Crippen LogP contribution in [0.15, 0.2) is 0 Å². The SMILES string of the molecule is CC1CCC(CNC(=O)C2CCN(S(=O)(=O)C3CC(C4NOC(C5CC5)N4)SC3C)CC2)O1. The van der Waals surface area contributed by atoms with Gasteiger partial charge in [0.05, 0.1) is 23.6 Å². The molecule has 5 aliphatic rings. The molecule has 0 radical (unpaired) electrons. The minimum absolute atomic E-state index is 0.00971. The van der Waals surface area contributed by atoms with Crippen molar-refractivity contribution in [3.05, 3.63) is 0 Å². The van der Waals surface area contributed by atoms with Crippen LogP contribution in [0.2, 0.25) is 0 Å². The van der Waals surface area contributed by atoms with Crippen LogP contribution in [0.4, 0.5) is 0 Å². The number of thioether (sulfide) groups is 1. The average molecular weight is 503 g/mol. The van der Waals surface area contributed by atoms with Gasteiger partial charge in [-0.3, -0.25) is 14.9 Å². The van der Waals surface area contributed by atoms with E-state index in [1.807, 2.05) is 6.92 Å². The highest BCUT2D eigenvalue weighted by Crippen LogP contribution is 2.42. The Labute approximate surface area is 201 Å². The number of ether oxygens (including phenoxy) is 1. The largest absolute Gasteiger partial charge is 0.373 e. The lowest BCUT2D eigenvalue weighted by molar-refractivity contribution is -0.126. The van der Waals surface area contributed by atoms with E-state index in [0.29, 0.717) is 44.8 Å². The molecule has 9 nitrogen and oxygen atoms in total. The molecule has 188 valence electrons. The van der Waals surface area contributed by atoms with E-state index in [9.17, 15) is 13.2 Å². The van der Waals surface area contributed by atoms with Crippen molar-refractivity contribution in [3.63, 3.8) is 0 Å². The second-order valence-electron chi connectivity index (χ2n) is 10.4. The van der Waals surface area contributed by atoms with Gasteiger partial charge in [-0.05, 0) is 51.9 Å². The average Bonchev–Trinajstić information content (AvgIpc) is 3.18. The first-order valence-corrected chi connectivity index (χ1v) is 15.0. The topological polar surface area (TPSA) is 109 Å². The van der Waals surface area contributed by atoms with Gasteiger partial charge in [0.15, 0.2) is 0 Å². The van der Waals surface area contributed by atoms with E-state index in [1.54, 1.807) is 16.1 Å². The molecule has 11 heteroatoms. The standard InChI is InChI=1S/C22H38N4O5S2/c1-13-3-6-17(30-13)12-23-21(27)15-7-9-26(10-8-15)33(28,29)19-11-18(32-14(19)2)20-24-22(31-25-20)16-4-5-16/h13-20,22,24-25H,3-12H2,1-2H3,(H,23,27). The maximum absolute atomic E-state index is 13.5. The minimum Gasteiger partial charge on any atom is -0.373 e. The smallest absolute Gasteiger partial charge is 0.223 e. The first-order valence-electron chi connectivity index (χ1n) is 12.6. The molecule has 4 aliphatic heterocycles. The number of nitrogens with one attached hydrogen (secondary N) is 3. The van der Waals surface area contributed by atoms with E-state index < -0.39 is 15.3 Å².